The standard InChI is InChI=1S/C8H16N2O/c1-5-8(6-11)10(9-4)7(2)3/h5-7,9H,1-4H3/b8-5-. The summed E-state index contributed by atoms with van der Waals surface area (Å²) in [6, 6.07) is 0.288. The molecule has 0 fully saturated rings. The summed E-state index contributed by atoms with van der Waals surface area (Å²) in [5.41, 5.74) is 3.61. The molecule has 0 radical (unpaired) electrons. The van der Waals surface area contributed by atoms with Crippen LogP contribution in [0.1, 0.15) is 20.8 Å². The van der Waals surface area contributed by atoms with Gasteiger partial charge in [-0.2, -0.15) is 0 Å². The summed E-state index contributed by atoms with van der Waals surface area (Å²) in [6.45, 7) is 5.88. The van der Waals surface area contributed by atoms with Crippen LogP contribution in [0.2, 0.25) is 0 Å². The van der Waals surface area contributed by atoms with E-state index in [9.17, 15) is 4.79 Å². The quantitative estimate of drug-likeness (QED) is 0.373. The highest BCUT2D eigenvalue weighted by Gasteiger charge is 2.08. The molecule has 0 saturated carbocycles. The Morgan fingerprint density at radius 3 is 2.18 bits per heavy atom. The van der Waals surface area contributed by atoms with Crippen molar-refractivity contribution in [2.24, 2.45) is 0 Å². The molecule has 0 saturated heterocycles. The molecule has 0 aromatic carbocycles. The molecule has 3 heteroatoms. The highest BCUT2D eigenvalue weighted by Crippen LogP contribution is 2.01. The Morgan fingerprint density at radius 1 is 1.55 bits per heavy atom. The Labute approximate surface area is 68.0 Å². The van der Waals surface area contributed by atoms with E-state index in [4.69, 9.17) is 0 Å². The first-order chi connectivity index (χ1) is 5.17. The predicted octanol–water partition coefficient (Wildman–Crippen LogP) is 0.934. The molecule has 0 aliphatic carbocycles. The van der Waals surface area contributed by atoms with E-state index in [1.165, 1.54) is 0 Å². The van der Waals surface area contributed by atoms with Crippen molar-refractivity contribution in [1.29, 1.82) is 0 Å². The van der Waals surface area contributed by atoms with Crippen LogP contribution in [0, 0.1) is 0 Å². The van der Waals surface area contributed by atoms with Crippen LogP contribution in [-0.4, -0.2) is 24.4 Å². The third-order valence-electron chi connectivity index (χ3n) is 1.45. The van der Waals surface area contributed by atoms with Gasteiger partial charge >= 0.3 is 0 Å². The van der Waals surface area contributed by atoms with Gasteiger partial charge in [-0.05, 0) is 20.8 Å². The Hall–Kier alpha value is -0.830. The maximum atomic E-state index is 10.5. The summed E-state index contributed by atoms with van der Waals surface area (Å²) < 4.78 is 0. The van der Waals surface area contributed by atoms with E-state index in [2.05, 4.69) is 5.43 Å². The Morgan fingerprint density at radius 2 is 2.09 bits per heavy atom. The fraction of sp³-hybridized carbons (Fsp3) is 0.625. The van der Waals surface area contributed by atoms with Crippen LogP contribution < -0.4 is 5.43 Å². The molecule has 0 amide bonds. The van der Waals surface area contributed by atoms with Gasteiger partial charge in [0, 0.05) is 13.1 Å². The topological polar surface area (TPSA) is 32.3 Å². The second kappa shape index (κ2) is 4.91. The van der Waals surface area contributed by atoms with Gasteiger partial charge in [-0.15, -0.1) is 0 Å². The van der Waals surface area contributed by atoms with Crippen LogP contribution in [0.15, 0.2) is 11.8 Å². The molecule has 3 nitrogen and oxygen atoms in total. The largest absolute Gasteiger partial charge is 0.303 e. The van der Waals surface area contributed by atoms with Crippen LogP contribution in [0.4, 0.5) is 0 Å². The second-order valence-electron chi connectivity index (χ2n) is 2.52. The number of aldehydes is 1. The number of hydrazine groups is 1. The second-order valence-corrected chi connectivity index (χ2v) is 2.52. The van der Waals surface area contributed by atoms with Gasteiger partial charge in [-0.1, -0.05) is 6.08 Å². The van der Waals surface area contributed by atoms with E-state index >= 15 is 0 Å². The van der Waals surface area contributed by atoms with E-state index in [-0.39, 0.29) is 6.04 Å². The van der Waals surface area contributed by atoms with Crippen LogP contribution in [0.3, 0.4) is 0 Å². The summed E-state index contributed by atoms with van der Waals surface area (Å²) in [5.74, 6) is 0. The number of nitrogens with one attached hydrogen (secondary N) is 1. The molecular formula is C8H16N2O. The third-order valence-corrected chi connectivity index (χ3v) is 1.45. The van der Waals surface area contributed by atoms with Gasteiger partial charge in [0.2, 0.25) is 0 Å². The number of rotatable bonds is 4. The van der Waals surface area contributed by atoms with Crippen LogP contribution in [0.5, 0.6) is 0 Å². The Balaban J connectivity index is 4.34. The van der Waals surface area contributed by atoms with Gasteiger partial charge in [0.1, 0.15) is 0 Å². The molecule has 0 atom stereocenters. The average Bonchev–Trinajstić information content (AvgIpc) is 1.99. The molecule has 0 spiro atoms. The molecule has 11 heavy (non-hydrogen) atoms. The number of carbonyl (C=O) groups excluding carboxylic acids is 1. The van der Waals surface area contributed by atoms with E-state index in [1.807, 2.05) is 25.8 Å². The third kappa shape index (κ3) is 2.72. The minimum Gasteiger partial charge on any atom is -0.303 e. The maximum absolute atomic E-state index is 10.5. The zero-order chi connectivity index (χ0) is 8.85. The average molecular weight is 156 g/mol. The molecule has 0 unspecified atom stereocenters. The molecule has 0 bridgehead atoms. The Kier molecular flexibility index (Phi) is 4.54. The number of hydrogen-bond donors (Lipinski definition) is 1. The fourth-order valence-electron chi connectivity index (χ4n) is 0.949. The molecule has 0 heterocycles. The van der Waals surface area contributed by atoms with Gasteiger partial charge in [0.25, 0.3) is 0 Å². The first kappa shape index (κ1) is 10.2. The van der Waals surface area contributed by atoms with Crippen LogP contribution in [-0.2, 0) is 4.79 Å². The lowest BCUT2D eigenvalue weighted by Crippen LogP contribution is -2.40. The van der Waals surface area contributed by atoms with Crippen molar-refractivity contribution in [1.82, 2.24) is 10.4 Å². The molecule has 0 aliphatic heterocycles. The van der Waals surface area contributed by atoms with Gasteiger partial charge in [0.05, 0.1) is 5.70 Å². The molecule has 0 aliphatic rings. The molecule has 0 aromatic heterocycles. The van der Waals surface area contributed by atoms with Crippen molar-refractivity contribution in [3.05, 3.63) is 11.8 Å². The SMILES string of the molecule is C/C=C(/C=O)N(NC)C(C)C. The highest BCUT2D eigenvalue weighted by atomic mass is 16.1. The number of hydrogen-bond acceptors (Lipinski definition) is 3. The number of nitrogens with zero attached hydrogens (tertiary/aromatic N) is 1. The lowest BCUT2D eigenvalue weighted by atomic mass is 10.3. The zero-order valence-corrected chi connectivity index (χ0v) is 7.59. The predicted molar refractivity (Wildman–Crippen MR) is 45.9 cm³/mol. The minimum absolute atomic E-state index is 0.288. The van der Waals surface area contributed by atoms with Crippen molar-refractivity contribution >= 4 is 6.29 Å². The molecule has 64 valence electrons. The van der Waals surface area contributed by atoms with Crippen molar-refractivity contribution in [3.8, 4) is 0 Å². The lowest BCUT2D eigenvalue weighted by Gasteiger charge is -2.26. The number of allylic oxidation sites excluding steroid dienone is 2. The van der Waals surface area contributed by atoms with Gasteiger partial charge in [-0.3, -0.25) is 4.79 Å². The van der Waals surface area contributed by atoms with Crippen molar-refractivity contribution in [2.45, 2.75) is 26.8 Å². The lowest BCUT2D eigenvalue weighted by molar-refractivity contribution is -0.106. The van der Waals surface area contributed by atoms with Crippen molar-refractivity contribution < 1.29 is 4.79 Å². The summed E-state index contributed by atoms with van der Waals surface area (Å²) in [6.07, 6.45) is 2.62. The van der Waals surface area contributed by atoms with E-state index in [0.717, 1.165) is 6.29 Å². The van der Waals surface area contributed by atoms with E-state index < -0.39 is 0 Å². The van der Waals surface area contributed by atoms with Gasteiger partial charge < -0.3 is 5.01 Å². The maximum Gasteiger partial charge on any atom is 0.167 e. The number of carbonyl (C=O) groups is 1. The zero-order valence-electron chi connectivity index (χ0n) is 7.59. The van der Waals surface area contributed by atoms with E-state index in [1.54, 1.807) is 13.1 Å². The van der Waals surface area contributed by atoms with Crippen molar-refractivity contribution in [3.63, 3.8) is 0 Å². The molecule has 0 rings (SSSR count). The molecule has 1 N–H and O–H groups in total. The monoisotopic (exact) mass is 156 g/mol. The van der Waals surface area contributed by atoms with Crippen LogP contribution in [0.25, 0.3) is 0 Å². The van der Waals surface area contributed by atoms with Gasteiger partial charge in [-0.25, -0.2) is 5.43 Å². The normalized spacial score (nSPS) is 11.9. The first-order valence-electron chi connectivity index (χ1n) is 3.75. The first-order valence-corrected chi connectivity index (χ1v) is 3.75. The van der Waals surface area contributed by atoms with Crippen LogP contribution >= 0.6 is 0 Å². The summed E-state index contributed by atoms with van der Waals surface area (Å²) in [4.78, 5) is 10.5. The minimum atomic E-state index is 0.288. The fourth-order valence-corrected chi connectivity index (χ4v) is 0.949. The molecule has 0 aromatic rings. The smallest absolute Gasteiger partial charge is 0.167 e. The summed E-state index contributed by atoms with van der Waals surface area (Å²) in [5, 5.41) is 1.81. The van der Waals surface area contributed by atoms with Gasteiger partial charge in [0.15, 0.2) is 6.29 Å². The Bertz CT molecular complexity index is 152. The van der Waals surface area contributed by atoms with E-state index in [0.29, 0.717) is 5.70 Å². The van der Waals surface area contributed by atoms with Crippen molar-refractivity contribution in [2.75, 3.05) is 7.05 Å². The summed E-state index contributed by atoms with van der Waals surface area (Å²) >= 11 is 0. The summed E-state index contributed by atoms with van der Waals surface area (Å²) in [7, 11) is 1.80. The highest BCUT2D eigenvalue weighted by molar-refractivity contribution is 5.71. The molecular weight excluding hydrogens is 140 g/mol.